The predicted molar refractivity (Wildman–Crippen MR) is 84.5 cm³/mol. The van der Waals surface area contributed by atoms with Gasteiger partial charge in [0.05, 0.1) is 10.7 Å². The normalized spacial score (nSPS) is 11.2. The van der Waals surface area contributed by atoms with Crippen LogP contribution in [0.25, 0.3) is 5.65 Å². The molecule has 1 N–H and O–H groups in total. The molecule has 0 aliphatic heterocycles. The average Bonchev–Trinajstić information content (AvgIpc) is 2.81. The summed E-state index contributed by atoms with van der Waals surface area (Å²) in [7, 11) is 0. The van der Waals surface area contributed by atoms with Gasteiger partial charge in [-0.3, -0.25) is 0 Å². The second kappa shape index (κ2) is 5.25. The maximum Gasteiger partial charge on any atom is 0.171 e. The van der Waals surface area contributed by atoms with E-state index >= 15 is 0 Å². The third-order valence-electron chi connectivity index (χ3n) is 3.18. The molecule has 20 heavy (non-hydrogen) atoms. The molecule has 0 unspecified atom stereocenters. The van der Waals surface area contributed by atoms with Crippen LogP contribution in [-0.2, 0) is 0 Å². The molecule has 3 rings (SSSR count). The van der Waals surface area contributed by atoms with E-state index in [0.717, 1.165) is 21.6 Å². The molecular formula is C15H15BrN4. The monoisotopic (exact) mass is 330 g/mol. The summed E-state index contributed by atoms with van der Waals surface area (Å²) in [5.41, 5.74) is 3.16. The lowest BCUT2D eigenvalue weighted by Gasteiger charge is -2.09. The lowest BCUT2D eigenvalue weighted by Crippen LogP contribution is -1.97. The Hall–Kier alpha value is -1.88. The van der Waals surface area contributed by atoms with Crippen molar-refractivity contribution in [3.05, 3.63) is 52.8 Å². The summed E-state index contributed by atoms with van der Waals surface area (Å²) in [5, 5.41) is 7.48. The molecule has 0 bridgehead atoms. The first-order chi connectivity index (χ1) is 9.63. The number of aromatic nitrogens is 3. The molecule has 0 amide bonds. The highest BCUT2D eigenvalue weighted by Crippen LogP contribution is 2.21. The van der Waals surface area contributed by atoms with E-state index in [2.05, 4.69) is 69.4 Å². The maximum atomic E-state index is 4.53. The maximum absolute atomic E-state index is 4.53. The molecule has 0 radical (unpaired) electrons. The summed E-state index contributed by atoms with van der Waals surface area (Å²) < 4.78 is 2.62. The summed E-state index contributed by atoms with van der Waals surface area (Å²) in [6.07, 6.45) is 3.63. The van der Waals surface area contributed by atoms with Gasteiger partial charge in [-0.1, -0.05) is 26.0 Å². The SMILES string of the molecule is CC(C)c1ccc(Nc2ccn3ncc(Br)c3n2)cc1. The Balaban J connectivity index is 1.86. The second-order valence-corrected chi connectivity index (χ2v) is 5.83. The van der Waals surface area contributed by atoms with Crippen LogP contribution in [0, 0.1) is 0 Å². The minimum absolute atomic E-state index is 0.543. The summed E-state index contributed by atoms with van der Waals surface area (Å²) in [5.74, 6) is 1.34. The van der Waals surface area contributed by atoms with Crippen molar-refractivity contribution in [2.45, 2.75) is 19.8 Å². The first-order valence-electron chi connectivity index (χ1n) is 6.50. The van der Waals surface area contributed by atoms with Crippen molar-refractivity contribution < 1.29 is 0 Å². The first-order valence-corrected chi connectivity index (χ1v) is 7.29. The first kappa shape index (κ1) is 13.1. The van der Waals surface area contributed by atoms with Gasteiger partial charge in [-0.25, -0.2) is 9.50 Å². The predicted octanol–water partition coefficient (Wildman–Crippen LogP) is 4.36. The van der Waals surface area contributed by atoms with Gasteiger partial charge in [-0.05, 0) is 45.6 Å². The molecule has 3 aromatic rings. The summed E-state index contributed by atoms with van der Waals surface area (Å²) in [6, 6.07) is 10.3. The van der Waals surface area contributed by atoms with E-state index in [1.165, 1.54) is 5.56 Å². The molecule has 0 aliphatic rings. The van der Waals surface area contributed by atoms with Crippen LogP contribution >= 0.6 is 15.9 Å². The summed E-state index contributed by atoms with van der Waals surface area (Å²) in [6.45, 7) is 4.38. The minimum atomic E-state index is 0.543. The van der Waals surface area contributed by atoms with Crippen LogP contribution in [-0.4, -0.2) is 14.6 Å². The lowest BCUT2D eigenvalue weighted by atomic mass is 10.0. The van der Waals surface area contributed by atoms with E-state index in [-0.39, 0.29) is 0 Å². The van der Waals surface area contributed by atoms with Crippen LogP contribution in [0.4, 0.5) is 11.5 Å². The van der Waals surface area contributed by atoms with Crippen LogP contribution in [0.3, 0.4) is 0 Å². The topological polar surface area (TPSA) is 42.2 Å². The van der Waals surface area contributed by atoms with Crippen molar-refractivity contribution in [1.82, 2.24) is 14.6 Å². The fourth-order valence-electron chi connectivity index (χ4n) is 2.01. The lowest BCUT2D eigenvalue weighted by molar-refractivity contribution is 0.867. The van der Waals surface area contributed by atoms with Gasteiger partial charge in [0.2, 0.25) is 0 Å². The highest BCUT2D eigenvalue weighted by molar-refractivity contribution is 9.10. The third kappa shape index (κ3) is 2.54. The zero-order valence-corrected chi connectivity index (χ0v) is 12.9. The zero-order valence-electron chi connectivity index (χ0n) is 11.3. The number of hydrogen-bond donors (Lipinski definition) is 1. The van der Waals surface area contributed by atoms with Gasteiger partial charge in [0.1, 0.15) is 5.82 Å². The molecule has 4 nitrogen and oxygen atoms in total. The van der Waals surface area contributed by atoms with Crippen LogP contribution in [0.2, 0.25) is 0 Å². The molecule has 102 valence electrons. The van der Waals surface area contributed by atoms with Gasteiger partial charge in [0.25, 0.3) is 0 Å². The van der Waals surface area contributed by atoms with Crippen molar-refractivity contribution in [2.75, 3.05) is 5.32 Å². The molecule has 0 fully saturated rings. The number of anilines is 2. The summed E-state index contributed by atoms with van der Waals surface area (Å²) in [4.78, 5) is 4.53. The number of halogens is 1. The van der Waals surface area contributed by atoms with E-state index < -0.39 is 0 Å². The molecule has 0 spiro atoms. The Bertz CT molecular complexity index is 731. The fourth-order valence-corrected chi connectivity index (χ4v) is 2.37. The molecule has 0 atom stereocenters. The Morgan fingerprint density at radius 2 is 1.90 bits per heavy atom. The standard InChI is InChI=1S/C15H15BrN4/c1-10(2)11-3-5-12(6-4-11)18-14-7-8-20-15(19-14)13(16)9-17-20/h3-10H,1-2H3,(H,18,19). The molecule has 1 aromatic carbocycles. The minimum Gasteiger partial charge on any atom is -0.340 e. The number of fused-ring (bicyclic) bond motifs is 1. The molecule has 2 aromatic heterocycles. The van der Waals surface area contributed by atoms with Gasteiger partial charge in [-0.15, -0.1) is 0 Å². The Morgan fingerprint density at radius 3 is 2.60 bits per heavy atom. The molecular weight excluding hydrogens is 316 g/mol. The Morgan fingerprint density at radius 1 is 1.15 bits per heavy atom. The van der Waals surface area contributed by atoms with Gasteiger partial charge in [0.15, 0.2) is 5.65 Å². The van der Waals surface area contributed by atoms with E-state index in [9.17, 15) is 0 Å². The van der Waals surface area contributed by atoms with E-state index in [1.807, 2.05) is 12.3 Å². The Labute approximate surface area is 126 Å². The van der Waals surface area contributed by atoms with Gasteiger partial charge in [0, 0.05) is 11.9 Å². The number of rotatable bonds is 3. The van der Waals surface area contributed by atoms with Crippen molar-refractivity contribution in [2.24, 2.45) is 0 Å². The van der Waals surface area contributed by atoms with Crippen molar-refractivity contribution in [3.8, 4) is 0 Å². The van der Waals surface area contributed by atoms with Gasteiger partial charge >= 0.3 is 0 Å². The molecule has 0 saturated carbocycles. The smallest absolute Gasteiger partial charge is 0.171 e. The molecule has 0 saturated heterocycles. The van der Waals surface area contributed by atoms with Crippen LogP contribution in [0.15, 0.2) is 47.2 Å². The van der Waals surface area contributed by atoms with Crippen LogP contribution in [0.5, 0.6) is 0 Å². The van der Waals surface area contributed by atoms with Crippen molar-refractivity contribution in [1.29, 1.82) is 0 Å². The number of hydrogen-bond acceptors (Lipinski definition) is 3. The molecule has 2 heterocycles. The van der Waals surface area contributed by atoms with Crippen molar-refractivity contribution in [3.63, 3.8) is 0 Å². The number of benzene rings is 1. The largest absolute Gasteiger partial charge is 0.340 e. The Kier molecular flexibility index (Phi) is 3.44. The molecule has 0 aliphatic carbocycles. The number of nitrogens with one attached hydrogen (secondary N) is 1. The van der Waals surface area contributed by atoms with Crippen molar-refractivity contribution >= 4 is 33.1 Å². The van der Waals surface area contributed by atoms with E-state index in [0.29, 0.717) is 5.92 Å². The van der Waals surface area contributed by atoms with E-state index in [1.54, 1.807) is 10.7 Å². The van der Waals surface area contributed by atoms with Gasteiger partial charge < -0.3 is 5.32 Å². The van der Waals surface area contributed by atoms with Crippen LogP contribution < -0.4 is 5.32 Å². The quantitative estimate of drug-likeness (QED) is 0.775. The summed E-state index contributed by atoms with van der Waals surface area (Å²) >= 11 is 3.44. The second-order valence-electron chi connectivity index (χ2n) is 4.98. The highest BCUT2D eigenvalue weighted by Gasteiger charge is 2.04. The van der Waals surface area contributed by atoms with Gasteiger partial charge in [-0.2, -0.15) is 5.10 Å². The average molecular weight is 331 g/mol. The third-order valence-corrected chi connectivity index (χ3v) is 3.74. The zero-order chi connectivity index (χ0) is 14.1. The highest BCUT2D eigenvalue weighted by atomic mass is 79.9. The van der Waals surface area contributed by atoms with Crippen LogP contribution in [0.1, 0.15) is 25.3 Å². The number of nitrogens with zero attached hydrogens (tertiary/aromatic N) is 3. The van der Waals surface area contributed by atoms with E-state index in [4.69, 9.17) is 0 Å². The fraction of sp³-hybridized carbons (Fsp3) is 0.200. The molecule has 5 heteroatoms.